The van der Waals surface area contributed by atoms with Crippen molar-refractivity contribution in [2.24, 2.45) is 0 Å². The molecule has 5 rings (SSSR count). The molecule has 35 heavy (non-hydrogen) atoms. The Morgan fingerprint density at radius 3 is 2.46 bits per heavy atom. The van der Waals surface area contributed by atoms with E-state index in [1.165, 1.54) is 11.8 Å². The number of rotatable bonds is 5. The van der Waals surface area contributed by atoms with Crippen molar-refractivity contribution >= 4 is 40.6 Å². The fourth-order valence-electron chi connectivity index (χ4n) is 5.32. The van der Waals surface area contributed by atoms with E-state index in [-0.39, 0.29) is 36.1 Å². The third kappa shape index (κ3) is 4.52. The van der Waals surface area contributed by atoms with Crippen LogP contribution in [0.2, 0.25) is 0 Å². The van der Waals surface area contributed by atoms with Crippen LogP contribution in [0.1, 0.15) is 59.7 Å². The molecular formula is C27H30N4O4. The number of piperidine rings is 1. The summed E-state index contributed by atoms with van der Waals surface area (Å²) in [6.07, 6.45) is 4.71. The second kappa shape index (κ2) is 9.52. The number of Topliss-reactive ketones (excluding diaryl/α,β-unsaturated/α-hetero) is 1. The SMILES string of the molecule is CC(=O)c1cccc(NC(=O)CN2C(=O)[C@@H]3CCCCN3c3ccc(C(=O)N4CCCC4)cc32)c1. The van der Waals surface area contributed by atoms with E-state index in [1.54, 1.807) is 30.3 Å². The monoisotopic (exact) mass is 474 g/mol. The molecule has 3 heterocycles. The van der Waals surface area contributed by atoms with E-state index in [0.29, 0.717) is 22.5 Å². The summed E-state index contributed by atoms with van der Waals surface area (Å²) in [5.41, 5.74) is 3.03. The topological polar surface area (TPSA) is 90.0 Å². The van der Waals surface area contributed by atoms with E-state index in [2.05, 4.69) is 10.2 Å². The summed E-state index contributed by atoms with van der Waals surface area (Å²) in [6, 6.07) is 12.0. The molecule has 2 aromatic carbocycles. The number of nitrogens with zero attached hydrogens (tertiary/aromatic N) is 3. The highest BCUT2D eigenvalue weighted by molar-refractivity contribution is 6.11. The number of nitrogens with one attached hydrogen (secondary N) is 1. The maximum atomic E-state index is 13.6. The smallest absolute Gasteiger partial charge is 0.253 e. The van der Waals surface area contributed by atoms with Crippen molar-refractivity contribution in [2.45, 2.75) is 45.1 Å². The Morgan fingerprint density at radius 2 is 1.69 bits per heavy atom. The first-order valence-corrected chi connectivity index (χ1v) is 12.3. The molecule has 3 aliphatic heterocycles. The third-order valence-electron chi connectivity index (χ3n) is 7.12. The third-order valence-corrected chi connectivity index (χ3v) is 7.12. The number of likely N-dealkylation sites (tertiary alicyclic amines) is 1. The first-order valence-electron chi connectivity index (χ1n) is 12.3. The maximum absolute atomic E-state index is 13.6. The van der Waals surface area contributed by atoms with Crippen molar-refractivity contribution < 1.29 is 19.2 Å². The standard InChI is InChI=1S/C27H30N4O4/c1-18(32)19-7-6-8-21(15-19)28-25(33)17-31-24-16-20(26(34)29-12-4-5-13-29)10-11-22(24)30-14-3-2-9-23(30)27(31)35/h6-8,10-11,15-16,23H,2-5,9,12-14,17H2,1H3,(H,28,33)/t23-/m0/s1. The second-order valence-corrected chi connectivity index (χ2v) is 9.52. The van der Waals surface area contributed by atoms with Gasteiger partial charge in [-0.25, -0.2) is 0 Å². The van der Waals surface area contributed by atoms with Gasteiger partial charge in [0.2, 0.25) is 11.8 Å². The van der Waals surface area contributed by atoms with Crippen LogP contribution in [0.3, 0.4) is 0 Å². The molecule has 0 aliphatic carbocycles. The van der Waals surface area contributed by atoms with Crippen molar-refractivity contribution in [1.82, 2.24) is 4.90 Å². The van der Waals surface area contributed by atoms with Crippen LogP contribution >= 0.6 is 0 Å². The highest BCUT2D eigenvalue weighted by atomic mass is 16.2. The second-order valence-electron chi connectivity index (χ2n) is 9.52. The quantitative estimate of drug-likeness (QED) is 0.671. The molecule has 2 aromatic rings. The summed E-state index contributed by atoms with van der Waals surface area (Å²) < 4.78 is 0. The number of fused-ring (bicyclic) bond motifs is 3. The van der Waals surface area contributed by atoms with Crippen LogP contribution in [-0.4, -0.2) is 60.6 Å². The van der Waals surface area contributed by atoms with E-state index in [1.807, 2.05) is 17.0 Å². The Morgan fingerprint density at radius 1 is 0.914 bits per heavy atom. The zero-order valence-corrected chi connectivity index (χ0v) is 20.0. The molecule has 0 saturated carbocycles. The molecule has 0 unspecified atom stereocenters. The molecule has 0 spiro atoms. The van der Waals surface area contributed by atoms with Gasteiger partial charge in [0.05, 0.1) is 11.4 Å². The summed E-state index contributed by atoms with van der Waals surface area (Å²) in [7, 11) is 0. The highest BCUT2D eigenvalue weighted by Gasteiger charge is 2.40. The van der Waals surface area contributed by atoms with E-state index in [0.717, 1.165) is 57.4 Å². The van der Waals surface area contributed by atoms with Crippen LogP contribution < -0.4 is 15.1 Å². The van der Waals surface area contributed by atoms with Crippen molar-refractivity contribution in [2.75, 3.05) is 41.3 Å². The van der Waals surface area contributed by atoms with Crippen molar-refractivity contribution in [3.05, 3.63) is 53.6 Å². The van der Waals surface area contributed by atoms with Gasteiger partial charge in [0.25, 0.3) is 5.91 Å². The first-order chi connectivity index (χ1) is 16.9. The summed E-state index contributed by atoms with van der Waals surface area (Å²) in [6.45, 7) is 3.58. The Hall–Kier alpha value is -3.68. The first kappa shape index (κ1) is 23.1. The molecule has 8 heteroatoms. The van der Waals surface area contributed by atoms with Crippen LogP contribution in [0, 0.1) is 0 Å². The number of hydrogen-bond acceptors (Lipinski definition) is 5. The van der Waals surface area contributed by atoms with Gasteiger partial charge in [-0.2, -0.15) is 0 Å². The van der Waals surface area contributed by atoms with E-state index in [4.69, 9.17) is 0 Å². The summed E-state index contributed by atoms with van der Waals surface area (Å²) in [4.78, 5) is 56.8. The molecule has 182 valence electrons. The zero-order chi connectivity index (χ0) is 24.5. The van der Waals surface area contributed by atoms with Gasteiger partial charge in [-0.15, -0.1) is 0 Å². The van der Waals surface area contributed by atoms with Gasteiger partial charge in [0, 0.05) is 36.4 Å². The lowest BCUT2D eigenvalue weighted by Gasteiger charge is -2.45. The van der Waals surface area contributed by atoms with Crippen LogP contribution in [-0.2, 0) is 9.59 Å². The molecule has 1 atom stereocenters. The van der Waals surface area contributed by atoms with Crippen LogP contribution in [0.25, 0.3) is 0 Å². The highest BCUT2D eigenvalue weighted by Crippen LogP contribution is 2.40. The van der Waals surface area contributed by atoms with Crippen molar-refractivity contribution in [3.63, 3.8) is 0 Å². The average Bonchev–Trinajstić information content (AvgIpc) is 3.41. The minimum Gasteiger partial charge on any atom is -0.358 e. The largest absolute Gasteiger partial charge is 0.358 e. The zero-order valence-electron chi connectivity index (χ0n) is 20.0. The molecule has 3 amide bonds. The van der Waals surface area contributed by atoms with E-state index in [9.17, 15) is 19.2 Å². The Bertz CT molecular complexity index is 1190. The van der Waals surface area contributed by atoms with E-state index < -0.39 is 0 Å². The Labute approximate surface area is 204 Å². The minimum absolute atomic E-state index is 0.0380. The number of hydrogen-bond donors (Lipinski definition) is 1. The number of amides is 3. The van der Waals surface area contributed by atoms with Gasteiger partial charge in [-0.05, 0) is 69.4 Å². The molecule has 2 saturated heterocycles. The molecule has 0 bridgehead atoms. The van der Waals surface area contributed by atoms with Gasteiger partial charge < -0.3 is 15.1 Å². The molecule has 0 radical (unpaired) electrons. The van der Waals surface area contributed by atoms with Gasteiger partial charge in [-0.1, -0.05) is 12.1 Å². The van der Waals surface area contributed by atoms with Gasteiger partial charge in [-0.3, -0.25) is 24.1 Å². The number of ketones is 1. The lowest BCUT2D eigenvalue weighted by atomic mass is 9.95. The van der Waals surface area contributed by atoms with Crippen molar-refractivity contribution in [1.29, 1.82) is 0 Å². The fourth-order valence-corrected chi connectivity index (χ4v) is 5.32. The number of benzene rings is 2. The number of carbonyl (C=O) groups is 4. The van der Waals surface area contributed by atoms with Gasteiger partial charge in [0.15, 0.2) is 5.78 Å². The summed E-state index contributed by atoms with van der Waals surface area (Å²) in [5, 5.41) is 2.82. The lowest BCUT2D eigenvalue weighted by molar-refractivity contribution is -0.123. The number of anilines is 3. The Balaban J connectivity index is 1.44. The molecule has 2 fully saturated rings. The van der Waals surface area contributed by atoms with Crippen LogP contribution in [0.15, 0.2) is 42.5 Å². The lowest BCUT2D eigenvalue weighted by Crippen LogP contribution is -2.56. The normalized spacial score (nSPS) is 19.3. The molecule has 0 aromatic heterocycles. The maximum Gasteiger partial charge on any atom is 0.253 e. The van der Waals surface area contributed by atoms with Gasteiger partial charge >= 0.3 is 0 Å². The Kier molecular flexibility index (Phi) is 6.28. The van der Waals surface area contributed by atoms with Crippen LogP contribution in [0.5, 0.6) is 0 Å². The predicted octanol–water partition coefficient (Wildman–Crippen LogP) is 3.47. The van der Waals surface area contributed by atoms with Crippen molar-refractivity contribution in [3.8, 4) is 0 Å². The molecule has 1 N–H and O–H groups in total. The predicted molar refractivity (Wildman–Crippen MR) is 134 cm³/mol. The minimum atomic E-state index is -0.356. The van der Waals surface area contributed by atoms with E-state index >= 15 is 0 Å². The number of carbonyl (C=O) groups excluding carboxylic acids is 4. The summed E-state index contributed by atoms with van der Waals surface area (Å²) >= 11 is 0. The fraction of sp³-hybridized carbons (Fsp3) is 0.407. The molecule has 3 aliphatic rings. The molecule has 8 nitrogen and oxygen atoms in total. The molecular weight excluding hydrogens is 444 g/mol. The van der Waals surface area contributed by atoms with Gasteiger partial charge in [0.1, 0.15) is 12.6 Å². The summed E-state index contributed by atoms with van der Waals surface area (Å²) in [5.74, 6) is -0.598. The average molecular weight is 475 g/mol. The van der Waals surface area contributed by atoms with Crippen LogP contribution in [0.4, 0.5) is 17.1 Å².